The van der Waals surface area contributed by atoms with Crippen LogP contribution in [-0.4, -0.2) is 16.6 Å². The van der Waals surface area contributed by atoms with Crippen LogP contribution < -0.4 is 10.5 Å². The van der Waals surface area contributed by atoms with E-state index in [0.717, 1.165) is 41.6 Å². The molecule has 2 aromatic carbocycles. The van der Waals surface area contributed by atoms with Crippen LogP contribution in [0.4, 0.5) is 5.95 Å². The highest BCUT2D eigenvalue weighted by Gasteiger charge is 2.05. The molecule has 0 spiro atoms. The second-order valence-electron chi connectivity index (χ2n) is 5.16. The lowest BCUT2D eigenvalue weighted by atomic mass is 10.1. The van der Waals surface area contributed by atoms with Crippen molar-refractivity contribution in [3.05, 3.63) is 60.3 Å². The predicted molar refractivity (Wildman–Crippen MR) is 88.8 cm³/mol. The molecule has 0 saturated carbocycles. The number of nitrogens with zero attached hydrogens (tertiary/aromatic N) is 2. The number of ether oxygens (including phenoxy) is 1. The Bertz CT molecular complexity index is 744. The first-order valence-electron chi connectivity index (χ1n) is 7.52. The maximum absolute atomic E-state index is 5.78. The molecule has 0 aliphatic rings. The van der Waals surface area contributed by atoms with Gasteiger partial charge in [0.25, 0.3) is 0 Å². The molecule has 1 aromatic heterocycles. The first kappa shape index (κ1) is 14.3. The zero-order valence-electron chi connectivity index (χ0n) is 12.4. The molecule has 112 valence electrons. The molecule has 0 aliphatic heterocycles. The Hall–Kier alpha value is -2.62. The fourth-order valence-corrected chi connectivity index (χ4v) is 2.45. The van der Waals surface area contributed by atoms with Crippen molar-refractivity contribution in [2.45, 2.75) is 19.3 Å². The number of benzene rings is 2. The molecule has 2 N–H and O–H groups in total. The lowest BCUT2D eigenvalue weighted by Gasteiger charge is -2.08. The van der Waals surface area contributed by atoms with Crippen LogP contribution in [0.1, 0.15) is 18.5 Å². The van der Waals surface area contributed by atoms with E-state index >= 15 is 0 Å². The highest BCUT2D eigenvalue weighted by molar-refractivity contribution is 5.81. The average Bonchev–Trinajstić information content (AvgIpc) is 2.55. The van der Waals surface area contributed by atoms with Gasteiger partial charge in [-0.25, -0.2) is 9.97 Å². The van der Waals surface area contributed by atoms with E-state index in [1.165, 1.54) is 0 Å². The Balaban J connectivity index is 1.56. The van der Waals surface area contributed by atoms with Gasteiger partial charge >= 0.3 is 0 Å². The number of para-hydroxylation sites is 2. The molecule has 3 aromatic rings. The van der Waals surface area contributed by atoms with Crippen molar-refractivity contribution in [2.75, 3.05) is 12.3 Å². The molecule has 3 rings (SSSR count). The molecule has 0 unspecified atom stereocenters. The van der Waals surface area contributed by atoms with Gasteiger partial charge in [-0.1, -0.05) is 36.4 Å². The summed E-state index contributed by atoms with van der Waals surface area (Å²) in [5, 5.41) is 1.08. The van der Waals surface area contributed by atoms with Crippen LogP contribution in [-0.2, 0) is 6.42 Å². The zero-order valence-corrected chi connectivity index (χ0v) is 12.4. The third kappa shape index (κ3) is 3.52. The Morgan fingerprint density at radius 3 is 2.50 bits per heavy atom. The van der Waals surface area contributed by atoms with Gasteiger partial charge in [0.05, 0.1) is 17.8 Å². The van der Waals surface area contributed by atoms with Crippen molar-refractivity contribution in [2.24, 2.45) is 0 Å². The molecular weight excluding hydrogens is 274 g/mol. The lowest BCUT2D eigenvalue weighted by molar-refractivity contribution is 0.307. The van der Waals surface area contributed by atoms with Gasteiger partial charge in [-0.2, -0.15) is 0 Å². The summed E-state index contributed by atoms with van der Waals surface area (Å²) in [6.45, 7) is 0.711. The summed E-state index contributed by atoms with van der Waals surface area (Å²) in [7, 11) is 0. The third-order valence-corrected chi connectivity index (χ3v) is 3.52. The molecule has 0 fully saturated rings. The molecule has 1 heterocycles. The summed E-state index contributed by atoms with van der Waals surface area (Å²) in [4.78, 5) is 8.65. The highest BCUT2D eigenvalue weighted by Crippen LogP contribution is 2.18. The van der Waals surface area contributed by atoms with E-state index in [4.69, 9.17) is 10.5 Å². The number of aryl methyl sites for hydroxylation is 1. The van der Waals surface area contributed by atoms with Crippen molar-refractivity contribution in [1.29, 1.82) is 0 Å². The molecule has 4 heteroatoms. The number of nitrogen functional groups attached to an aromatic ring is 1. The number of hydrogen-bond acceptors (Lipinski definition) is 4. The fourth-order valence-electron chi connectivity index (χ4n) is 2.45. The zero-order chi connectivity index (χ0) is 15.2. The van der Waals surface area contributed by atoms with Crippen LogP contribution in [0, 0.1) is 0 Å². The van der Waals surface area contributed by atoms with E-state index in [-0.39, 0.29) is 0 Å². The summed E-state index contributed by atoms with van der Waals surface area (Å²) in [6, 6.07) is 17.9. The standard InChI is InChI=1S/C18H19N3O/c19-18-20-16-11-5-4-10-15(16)17(21-18)12-6-7-13-22-14-8-2-1-3-9-14/h1-5,8-11H,6-7,12-13H2,(H2,19,20,21). The van der Waals surface area contributed by atoms with Gasteiger partial charge in [-0.3, -0.25) is 0 Å². The highest BCUT2D eigenvalue weighted by atomic mass is 16.5. The maximum atomic E-state index is 5.78. The number of fused-ring (bicyclic) bond motifs is 1. The maximum Gasteiger partial charge on any atom is 0.220 e. The predicted octanol–water partition coefficient (Wildman–Crippen LogP) is 3.61. The second-order valence-corrected chi connectivity index (χ2v) is 5.16. The summed E-state index contributed by atoms with van der Waals surface area (Å²) in [5.74, 6) is 1.26. The van der Waals surface area contributed by atoms with Crippen LogP contribution in [0.5, 0.6) is 5.75 Å². The Labute approximate surface area is 130 Å². The summed E-state index contributed by atoms with van der Waals surface area (Å²) in [5.41, 5.74) is 7.71. The molecule has 0 bridgehead atoms. The van der Waals surface area contributed by atoms with Crippen molar-refractivity contribution < 1.29 is 4.74 Å². The van der Waals surface area contributed by atoms with Crippen LogP contribution >= 0.6 is 0 Å². The average molecular weight is 293 g/mol. The van der Waals surface area contributed by atoms with Crippen molar-refractivity contribution in [3.63, 3.8) is 0 Å². The van der Waals surface area contributed by atoms with Gasteiger partial charge in [-0.05, 0) is 37.5 Å². The summed E-state index contributed by atoms with van der Waals surface area (Å²) < 4.78 is 5.70. The molecule has 0 amide bonds. The van der Waals surface area contributed by atoms with E-state index in [0.29, 0.717) is 12.6 Å². The normalized spacial score (nSPS) is 10.7. The van der Waals surface area contributed by atoms with E-state index in [9.17, 15) is 0 Å². The number of unbranched alkanes of at least 4 members (excludes halogenated alkanes) is 1. The number of anilines is 1. The molecule has 22 heavy (non-hydrogen) atoms. The molecular formula is C18H19N3O. The summed E-state index contributed by atoms with van der Waals surface area (Å²) >= 11 is 0. The fraction of sp³-hybridized carbons (Fsp3) is 0.222. The number of nitrogens with two attached hydrogens (primary N) is 1. The monoisotopic (exact) mass is 293 g/mol. The lowest BCUT2D eigenvalue weighted by Crippen LogP contribution is -2.02. The van der Waals surface area contributed by atoms with Gasteiger partial charge in [0, 0.05) is 5.39 Å². The van der Waals surface area contributed by atoms with Gasteiger partial charge in [0.1, 0.15) is 5.75 Å². The van der Waals surface area contributed by atoms with Gasteiger partial charge in [-0.15, -0.1) is 0 Å². The number of hydrogen-bond donors (Lipinski definition) is 1. The quantitative estimate of drug-likeness (QED) is 0.705. The van der Waals surface area contributed by atoms with E-state index in [2.05, 4.69) is 9.97 Å². The van der Waals surface area contributed by atoms with Crippen LogP contribution in [0.15, 0.2) is 54.6 Å². The third-order valence-electron chi connectivity index (χ3n) is 3.52. The molecule has 0 radical (unpaired) electrons. The first-order chi connectivity index (χ1) is 10.8. The Morgan fingerprint density at radius 1 is 0.864 bits per heavy atom. The SMILES string of the molecule is Nc1nc(CCCCOc2ccccc2)c2ccccc2n1. The van der Waals surface area contributed by atoms with Gasteiger partial charge < -0.3 is 10.5 Å². The largest absolute Gasteiger partial charge is 0.494 e. The topological polar surface area (TPSA) is 61.0 Å². The van der Waals surface area contributed by atoms with Crippen molar-refractivity contribution in [3.8, 4) is 5.75 Å². The first-order valence-corrected chi connectivity index (χ1v) is 7.52. The van der Waals surface area contributed by atoms with Crippen LogP contribution in [0.25, 0.3) is 10.9 Å². The molecule has 4 nitrogen and oxygen atoms in total. The van der Waals surface area contributed by atoms with E-state index in [1.54, 1.807) is 0 Å². The summed E-state index contributed by atoms with van der Waals surface area (Å²) in [6.07, 6.45) is 2.87. The number of aromatic nitrogens is 2. The van der Waals surface area contributed by atoms with Gasteiger partial charge in [0.2, 0.25) is 5.95 Å². The smallest absolute Gasteiger partial charge is 0.220 e. The van der Waals surface area contributed by atoms with Gasteiger partial charge in [0.15, 0.2) is 0 Å². The minimum Gasteiger partial charge on any atom is -0.494 e. The number of rotatable bonds is 6. The second kappa shape index (κ2) is 6.89. The van der Waals surface area contributed by atoms with Crippen LogP contribution in [0.3, 0.4) is 0 Å². The Kier molecular flexibility index (Phi) is 4.49. The van der Waals surface area contributed by atoms with Crippen LogP contribution in [0.2, 0.25) is 0 Å². The molecule has 0 atom stereocenters. The van der Waals surface area contributed by atoms with E-state index in [1.807, 2.05) is 54.6 Å². The minimum absolute atomic E-state index is 0.342. The van der Waals surface area contributed by atoms with E-state index < -0.39 is 0 Å². The minimum atomic E-state index is 0.342. The van der Waals surface area contributed by atoms with Crippen molar-refractivity contribution >= 4 is 16.9 Å². The Morgan fingerprint density at radius 2 is 1.64 bits per heavy atom. The molecule has 0 aliphatic carbocycles. The van der Waals surface area contributed by atoms with Crippen molar-refractivity contribution in [1.82, 2.24) is 9.97 Å². The molecule has 0 saturated heterocycles.